The molecule has 3 nitrogen and oxygen atoms in total. The topological polar surface area (TPSA) is 27.7 Å². The molecule has 0 amide bonds. The van der Waals surface area contributed by atoms with Gasteiger partial charge in [0.1, 0.15) is 0 Å². The average molecular weight is 379 g/mol. The molecule has 0 spiro atoms. The Morgan fingerprint density at radius 3 is 1.04 bits per heavy atom. The fraction of sp³-hybridized carbons (Fsp3) is 1.00. The summed E-state index contributed by atoms with van der Waals surface area (Å²) in [5, 5.41) is 0. The number of unbranched alkanes of at least 4 members (excludes halogenated alkanes) is 14. The molecule has 0 saturated heterocycles. The zero-order chi connectivity index (χ0) is 18.6. The zero-order valence-corrected chi connectivity index (χ0v) is 17.9. The minimum Gasteiger partial charge on any atom is -0.331 e. The molecule has 25 heavy (non-hydrogen) atoms. The molecule has 0 heterocycles. The maximum atomic E-state index is 5.68. The number of halogens is 1. The molecule has 0 aromatic rings. The smallest absolute Gasteiger partial charge is 0.282 e. The minimum atomic E-state index is -0.843. The average Bonchev–Trinajstić information content (AvgIpc) is 2.65. The summed E-state index contributed by atoms with van der Waals surface area (Å²) >= 11 is 5.68. The van der Waals surface area contributed by atoms with Crippen molar-refractivity contribution in [3.8, 4) is 0 Å². The predicted molar refractivity (Wildman–Crippen MR) is 108 cm³/mol. The van der Waals surface area contributed by atoms with Crippen LogP contribution in [0, 0.1) is 0 Å². The maximum Gasteiger partial charge on any atom is 0.282 e. The van der Waals surface area contributed by atoms with Crippen molar-refractivity contribution in [2.24, 2.45) is 0 Å². The highest BCUT2D eigenvalue weighted by Gasteiger charge is 2.28. The molecule has 152 valence electrons. The van der Waals surface area contributed by atoms with Crippen molar-refractivity contribution in [3.63, 3.8) is 0 Å². The van der Waals surface area contributed by atoms with E-state index in [-0.39, 0.29) is 0 Å². The molecule has 0 aromatic heterocycles. The third kappa shape index (κ3) is 15.0. The van der Waals surface area contributed by atoms with Crippen molar-refractivity contribution in [3.05, 3.63) is 0 Å². The van der Waals surface area contributed by atoms with Gasteiger partial charge in [-0.05, 0) is 12.8 Å². The molecule has 4 heteroatoms. The first-order valence-electron chi connectivity index (χ1n) is 10.5. The summed E-state index contributed by atoms with van der Waals surface area (Å²) < 4.78 is 15.9. The molecule has 0 aliphatic carbocycles. The molecular weight excluding hydrogens is 336 g/mol. The van der Waals surface area contributed by atoms with Crippen molar-refractivity contribution in [1.82, 2.24) is 0 Å². The van der Waals surface area contributed by atoms with Gasteiger partial charge < -0.3 is 14.2 Å². The zero-order valence-electron chi connectivity index (χ0n) is 17.1. The number of alkyl halides is 1. The van der Waals surface area contributed by atoms with E-state index in [0.717, 1.165) is 18.7 Å². The molecule has 0 saturated carbocycles. The van der Waals surface area contributed by atoms with Crippen LogP contribution in [0.5, 0.6) is 0 Å². The largest absolute Gasteiger partial charge is 0.331 e. The van der Waals surface area contributed by atoms with Crippen molar-refractivity contribution in [2.75, 3.05) is 27.2 Å². The van der Waals surface area contributed by atoms with Gasteiger partial charge in [-0.1, -0.05) is 83.5 Å². The van der Waals surface area contributed by atoms with Gasteiger partial charge in [-0.15, -0.1) is 11.6 Å². The Morgan fingerprint density at radius 1 is 0.480 bits per heavy atom. The fourth-order valence-electron chi connectivity index (χ4n) is 3.29. The van der Waals surface area contributed by atoms with Crippen LogP contribution in [0.4, 0.5) is 0 Å². The lowest BCUT2D eigenvalue weighted by molar-refractivity contribution is -0.355. The molecular formula is C21H43ClO3. The summed E-state index contributed by atoms with van der Waals surface area (Å²) in [7, 11) is 4.90. The molecule has 0 atom stereocenters. The summed E-state index contributed by atoms with van der Waals surface area (Å²) in [6.07, 6.45) is 20.9. The van der Waals surface area contributed by atoms with E-state index in [2.05, 4.69) is 0 Å². The van der Waals surface area contributed by atoms with E-state index >= 15 is 0 Å². The van der Waals surface area contributed by atoms with E-state index in [1.54, 1.807) is 21.3 Å². The summed E-state index contributed by atoms with van der Waals surface area (Å²) in [5.74, 6) is -0.0155. The molecule has 0 unspecified atom stereocenters. The highest BCUT2D eigenvalue weighted by Crippen LogP contribution is 2.21. The van der Waals surface area contributed by atoms with Gasteiger partial charge >= 0.3 is 0 Å². The monoisotopic (exact) mass is 378 g/mol. The Bertz CT molecular complexity index is 249. The van der Waals surface area contributed by atoms with Crippen LogP contribution in [0.25, 0.3) is 0 Å². The first-order chi connectivity index (χ1) is 12.2. The second-order valence-corrected chi connectivity index (χ2v) is 7.42. The quantitative estimate of drug-likeness (QED) is 0.129. The summed E-state index contributed by atoms with van der Waals surface area (Å²) in [5.41, 5.74) is 0. The van der Waals surface area contributed by atoms with Crippen LogP contribution in [0.3, 0.4) is 0 Å². The summed E-state index contributed by atoms with van der Waals surface area (Å²) in [4.78, 5) is 0. The van der Waals surface area contributed by atoms with Crippen LogP contribution in [0.2, 0.25) is 0 Å². The lowest BCUT2D eigenvalue weighted by atomic mass is 10.0. The van der Waals surface area contributed by atoms with Gasteiger partial charge in [0.25, 0.3) is 5.97 Å². The van der Waals surface area contributed by atoms with Gasteiger partial charge in [0.15, 0.2) is 0 Å². The van der Waals surface area contributed by atoms with Crippen LogP contribution in [0.15, 0.2) is 0 Å². The first kappa shape index (κ1) is 25.2. The standard InChI is InChI=1S/C21H43ClO3/c1-23-21(24-2,25-3)19-17-15-13-11-9-7-5-4-6-8-10-12-14-16-18-20-22/h4-20H2,1-3H3. The van der Waals surface area contributed by atoms with E-state index in [0.29, 0.717) is 0 Å². The van der Waals surface area contributed by atoms with Crippen LogP contribution < -0.4 is 0 Å². The van der Waals surface area contributed by atoms with Crippen LogP contribution >= 0.6 is 11.6 Å². The van der Waals surface area contributed by atoms with Crippen LogP contribution in [-0.4, -0.2) is 33.2 Å². The minimum absolute atomic E-state index is 0.794. The molecule has 0 aliphatic heterocycles. The Kier molecular flexibility index (Phi) is 19.1. The maximum absolute atomic E-state index is 5.68. The number of hydrogen-bond acceptors (Lipinski definition) is 3. The Hall–Kier alpha value is 0.170. The Labute approximate surface area is 162 Å². The number of hydrogen-bond donors (Lipinski definition) is 0. The van der Waals surface area contributed by atoms with Gasteiger partial charge in [-0.25, -0.2) is 0 Å². The van der Waals surface area contributed by atoms with E-state index in [1.165, 1.54) is 89.9 Å². The third-order valence-electron chi connectivity index (χ3n) is 5.05. The number of rotatable bonds is 20. The second kappa shape index (κ2) is 18.9. The van der Waals surface area contributed by atoms with Gasteiger partial charge in [0, 0.05) is 33.6 Å². The van der Waals surface area contributed by atoms with E-state index in [4.69, 9.17) is 25.8 Å². The molecule has 0 aromatic carbocycles. The van der Waals surface area contributed by atoms with Gasteiger partial charge in [0.05, 0.1) is 0 Å². The molecule has 0 N–H and O–H groups in total. The lowest BCUT2D eigenvalue weighted by Gasteiger charge is -2.28. The van der Waals surface area contributed by atoms with E-state index < -0.39 is 5.97 Å². The van der Waals surface area contributed by atoms with Gasteiger partial charge in [-0.2, -0.15) is 0 Å². The van der Waals surface area contributed by atoms with Crippen LogP contribution in [-0.2, 0) is 14.2 Å². The molecule has 0 radical (unpaired) electrons. The summed E-state index contributed by atoms with van der Waals surface area (Å²) in [6.45, 7) is 0. The van der Waals surface area contributed by atoms with Crippen LogP contribution in [0.1, 0.15) is 103 Å². The molecule has 0 fully saturated rings. The SMILES string of the molecule is COC(CCCCCCCCCCCCCCCCCCl)(OC)OC. The van der Waals surface area contributed by atoms with Crippen molar-refractivity contribution < 1.29 is 14.2 Å². The van der Waals surface area contributed by atoms with Crippen molar-refractivity contribution >= 4 is 11.6 Å². The van der Waals surface area contributed by atoms with Gasteiger partial charge in [-0.3, -0.25) is 0 Å². The van der Waals surface area contributed by atoms with E-state index in [9.17, 15) is 0 Å². The normalized spacial score (nSPS) is 12.0. The second-order valence-electron chi connectivity index (χ2n) is 7.04. The Morgan fingerprint density at radius 2 is 0.760 bits per heavy atom. The molecule has 0 aliphatic rings. The van der Waals surface area contributed by atoms with Gasteiger partial charge in [0.2, 0.25) is 0 Å². The molecule has 0 rings (SSSR count). The Balaban J connectivity index is 3.21. The van der Waals surface area contributed by atoms with E-state index in [1.807, 2.05) is 0 Å². The highest BCUT2D eigenvalue weighted by atomic mass is 35.5. The first-order valence-corrected chi connectivity index (χ1v) is 11.0. The summed E-state index contributed by atoms with van der Waals surface area (Å²) in [6, 6.07) is 0. The molecule has 0 bridgehead atoms. The number of ether oxygens (including phenoxy) is 3. The highest BCUT2D eigenvalue weighted by molar-refractivity contribution is 6.17. The third-order valence-corrected chi connectivity index (χ3v) is 5.32. The lowest BCUT2D eigenvalue weighted by Crippen LogP contribution is -2.35. The fourth-order valence-corrected chi connectivity index (χ4v) is 3.48. The van der Waals surface area contributed by atoms with Crippen molar-refractivity contribution in [1.29, 1.82) is 0 Å². The van der Waals surface area contributed by atoms with Crippen molar-refractivity contribution in [2.45, 2.75) is 109 Å². The number of methoxy groups -OCH3 is 3. The predicted octanol–water partition coefficient (Wildman–Crippen LogP) is 7.06.